The highest BCUT2D eigenvalue weighted by Crippen LogP contribution is 2.29. The topological polar surface area (TPSA) is 57.0 Å². The van der Waals surface area contributed by atoms with E-state index in [1.165, 1.54) is 35.4 Å². The van der Waals surface area contributed by atoms with E-state index in [4.69, 9.17) is 4.74 Å². The second-order valence-electron chi connectivity index (χ2n) is 5.27. The largest absolute Gasteiger partial charge is 0.465 e. The Hall–Kier alpha value is -3.06. The van der Waals surface area contributed by atoms with E-state index >= 15 is 0 Å². The number of para-hydroxylation sites is 1. The third kappa shape index (κ3) is 2.58. The summed E-state index contributed by atoms with van der Waals surface area (Å²) in [7, 11) is 1.32. The molecule has 5 nitrogen and oxygen atoms in total. The highest BCUT2D eigenvalue weighted by Gasteiger charge is 2.19. The van der Waals surface area contributed by atoms with Crippen LogP contribution in [0.1, 0.15) is 10.4 Å². The number of carbonyl (C=O) groups is 1. The summed E-state index contributed by atoms with van der Waals surface area (Å²) in [6, 6.07) is 11.8. The van der Waals surface area contributed by atoms with Gasteiger partial charge in [-0.1, -0.05) is 18.2 Å². The van der Waals surface area contributed by atoms with Crippen LogP contribution in [-0.4, -0.2) is 27.8 Å². The molecule has 124 valence electrons. The van der Waals surface area contributed by atoms with E-state index in [0.29, 0.717) is 22.3 Å². The molecule has 3 aromatic heterocycles. The quantitative estimate of drug-likeness (QED) is 0.521. The summed E-state index contributed by atoms with van der Waals surface area (Å²) >= 11 is 1.50. The highest BCUT2D eigenvalue weighted by atomic mass is 32.1. The summed E-state index contributed by atoms with van der Waals surface area (Å²) in [6.45, 7) is 0. The van der Waals surface area contributed by atoms with Crippen molar-refractivity contribution in [2.24, 2.45) is 0 Å². The fourth-order valence-corrected chi connectivity index (χ4v) is 3.32. The van der Waals surface area contributed by atoms with Crippen molar-refractivity contribution in [3.8, 4) is 16.3 Å². The second kappa shape index (κ2) is 6.10. The van der Waals surface area contributed by atoms with Gasteiger partial charge in [-0.05, 0) is 29.6 Å². The second-order valence-corrected chi connectivity index (χ2v) is 6.22. The maximum Gasteiger partial charge on any atom is 0.338 e. The molecule has 0 saturated carbocycles. The van der Waals surface area contributed by atoms with Crippen molar-refractivity contribution >= 4 is 28.3 Å². The Labute approximate surface area is 146 Å². The van der Waals surface area contributed by atoms with Gasteiger partial charge in [0, 0.05) is 0 Å². The number of ether oxygens (including phenoxy) is 1. The third-order valence-corrected chi connectivity index (χ3v) is 4.69. The van der Waals surface area contributed by atoms with Gasteiger partial charge in [-0.3, -0.25) is 0 Å². The number of aromatic nitrogens is 3. The number of nitrogens with zero attached hydrogens (tertiary/aromatic N) is 3. The van der Waals surface area contributed by atoms with Crippen LogP contribution in [0.3, 0.4) is 0 Å². The van der Waals surface area contributed by atoms with E-state index in [9.17, 15) is 9.18 Å². The van der Waals surface area contributed by atoms with Gasteiger partial charge in [-0.15, -0.1) is 11.3 Å². The van der Waals surface area contributed by atoms with Crippen LogP contribution in [0.15, 0.2) is 54.0 Å². The molecule has 7 heteroatoms. The van der Waals surface area contributed by atoms with Crippen molar-refractivity contribution in [1.82, 2.24) is 14.8 Å². The van der Waals surface area contributed by atoms with Gasteiger partial charge >= 0.3 is 5.97 Å². The Kier molecular flexibility index (Phi) is 3.77. The molecule has 0 bridgehead atoms. The maximum absolute atomic E-state index is 14.2. The van der Waals surface area contributed by atoms with Gasteiger partial charge in [0.2, 0.25) is 0 Å². The number of hydrogen-bond acceptors (Lipinski definition) is 5. The zero-order chi connectivity index (χ0) is 17.4. The Morgan fingerprint density at radius 3 is 2.80 bits per heavy atom. The number of fused-ring (bicyclic) bond motifs is 1. The first-order valence-electron chi connectivity index (χ1n) is 7.45. The van der Waals surface area contributed by atoms with Gasteiger partial charge in [0.25, 0.3) is 0 Å². The predicted molar refractivity (Wildman–Crippen MR) is 93.5 cm³/mol. The summed E-state index contributed by atoms with van der Waals surface area (Å²) in [6.07, 6.45) is 1.50. The van der Waals surface area contributed by atoms with Crippen molar-refractivity contribution in [3.05, 3.63) is 65.4 Å². The van der Waals surface area contributed by atoms with E-state index in [2.05, 4.69) is 10.1 Å². The van der Waals surface area contributed by atoms with E-state index < -0.39 is 11.8 Å². The van der Waals surface area contributed by atoms with E-state index in [1.54, 1.807) is 24.3 Å². The lowest BCUT2D eigenvalue weighted by Crippen LogP contribution is -2.05. The number of carbonyl (C=O) groups excluding carboxylic acids is 1. The Morgan fingerprint density at radius 1 is 1.24 bits per heavy atom. The maximum atomic E-state index is 14.2. The molecule has 0 amide bonds. The molecule has 25 heavy (non-hydrogen) atoms. The van der Waals surface area contributed by atoms with E-state index in [1.807, 2.05) is 17.5 Å². The average molecular weight is 353 g/mol. The lowest BCUT2D eigenvalue weighted by atomic mass is 10.1. The fraction of sp³-hybridized carbons (Fsp3) is 0.0556. The Bertz CT molecular complexity index is 1070. The fourth-order valence-electron chi connectivity index (χ4n) is 2.63. The van der Waals surface area contributed by atoms with Gasteiger partial charge in [0.15, 0.2) is 5.65 Å². The third-order valence-electron chi connectivity index (χ3n) is 3.80. The van der Waals surface area contributed by atoms with Crippen LogP contribution in [-0.2, 0) is 4.74 Å². The molecule has 0 aliphatic carbocycles. The minimum atomic E-state index is -0.488. The van der Waals surface area contributed by atoms with Crippen molar-refractivity contribution < 1.29 is 13.9 Å². The number of methoxy groups -OCH3 is 1. The van der Waals surface area contributed by atoms with Crippen LogP contribution in [0.2, 0.25) is 0 Å². The zero-order valence-electron chi connectivity index (χ0n) is 13.1. The van der Waals surface area contributed by atoms with E-state index in [0.717, 1.165) is 4.88 Å². The molecule has 0 N–H and O–H groups in total. The monoisotopic (exact) mass is 353 g/mol. The van der Waals surface area contributed by atoms with E-state index in [-0.39, 0.29) is 5.69 Å². The van der Waals surface area contributed by atoms with Gasteiger partial charge < -0.3 is 4.74 Å². The zero-order valence-corrected chi connectivity index (χ0v) is 14.0. The molecular weight excluding hydrogens is 341 g/mol. The van der Waals surface area contributed by atoms with Gasteiger partial charge in [-0.25, -0.2) is 18.9 Å². The van der Waals surface area contributed by atoms with Crippen LogP contribution >= 0.6 is 11.3 Å². The molecule has 0 spiro atoms. The number of esters is 1. The first-order chi connectivity index (χ1) is 12.2. The molecule has 4 rings (SSSR count). The first kappa shape index (κ1) is 15.5. The molecule has 0 atom stereocenters. The normalized spacial score (nSPS) is 11.0. The molecule has 0 aliphatic rings. The Morgan fingerprint density at radius 2 is 2.08 bits per heavy atom. The molecule has 0 saturated heterocycles. The number of benzene rings is 1. The molecule has 3 heterocycles. The molecular formula is C18H12FN3O2S. The number of thiophene rings is 1. The van der Waals surface area contributed by atoms with Crippen LogP contribution in [0.4, 0.5) is 4.39 Å². The molecule has 1 aromatic carbocycles. The van der Waals surface area contributed by atoms with Crippen molar-refractivity contribution in [3.63, 3.8) is 0 Å². The summed E-state index contributed by atoms with van der Waals surface area (Å²) in [5, 5.41) is 6.67. The lowest BCUT2D eigenvalue weighted by molar-refractivity contribution is 0.0603. The van der Waals surface area contributed by atoms with Crippen molar-refractivity contribution in [2.75, 3.05) is 7.11 Å². The SMILES string of the molecule is COC(=O)c1cc(-c2cccs2)nc2c1cnn2-c1ccccc1F. The average Bonchev–Trinajstić information content (AvgIpc) is 3.30. The van der Waals surface area contributed by atoms with Crippen LogP contribution in [0.25, 0.3) is 27.3 Å². The van der Waals surface area contributed by atoms with Crippen LogP contribution < -0.4 is 0 Å². The lowest BCUT2D eigenvalue weighted by Gasteiger charge is -2.07. The number of rotatable bonds is 3. The molecule has 0 radical (unpaired) electrons. The minimum Gasteiger partial charge on any atom is -0.465 e. The molecule has 0 fully saturated rings. The summed E-state index contributed by atoms with van der Waals surface area (Å²) in [5.41, 5.74) is 1.63. The highest BCUT2D eigenvalue weighted by molar-refractivity contribution is 7.13. The summed E-state index contributed by atoms with van der Waals surface area (Å²) in [5.74, 6) is -0.909. The van der Waals surface area contributed by atoms with Gasteiger partial charge in [0.1, 0.15) is 11.5 Å². The van der Waals surface area contributed by atoms with Gasteiger partial charge in [-0.2, -0.15) is 5.10 Å². The number of halogens is 1. The summed E-state index contributed by atoms with van der Waals surface area (Å²) in [4.78, 5) is 17.7. The van der Waals surface area contributed by atoms with Crippen LogP contribution in [0, 0.1) is 5.82 Å². The molecule has 0 unspecified atom stereocenters. The smallest absolute Gasteiger partial charge is 0.338 e. The number of pyridine rings is 1. The number of hydrogen-bond donors (Lipinski definition) is 0. The standard InChI is InChI=1S/C18H12FN3O2S/c1-24-18(23)11-9-14(16-7-4-8-25-16)21-17-12(11)10-20-22(17)15-6-3-2-5-13(15)19/h2-10H,1H3. The van der Waals surface area contributed by atoms with Gasteiger partial charge in [0.05, 0.1) is 34.8 Å². The minimum absolute atomic E-state index is 0.268. The summed E-state index contributed by atoms with van der Waals surface area (Å²) < 4.78 is 20.5. The van der Waals surface area contributed by atoms with Crippen molar-refractivity contribution in [2.45, 2.75) is 0 Å². The Balaban J connectivity index is 2.03. The van der Waals surface area contributed by atoms with Crippen molar-refractivity contribution in [1.29, 1.82) is 0 Å². The van der Waals surface area contributed by atoms with Crippen LogP contribution in [0.5, 0.6) is 0 Å². The molecule has 0 aliphatic heterocycles. The molecule has 4 aromatic rings. The first-order valence-corrected chi connectivity index (χ1v) is 8.33. The predicted octanol–water partition coefficient (Wildman–Crippen LogP) is 4.07.